The van der Waals surface area contributed by atoms with Gasteiger partial charge in [0, 0.05) is 26.4 Å². The Morgan fingerprint density at radius 3 is 2.60 bits per heavy atom. The van der Waals surface area contributed by atoms with Gasteiger partial charge in [-0.15, -0.1) is 0 Å². The van der Waals surface area contributed by atoms with Gasteiger partial charge >= 0.3 is 5.97 Å². The van der Waals surface area contributed by atoms with E-state index in [1.54, 1.807) is 0 Å². The van der Waals surface area contributed by atoms with Crippen molar-refractivity contribution in [1.29, 1.82) is 0 Å². The first-order chi connectivity index (χ1) is 9.28. The Labute approximate surface area is 118 Å². The second-order valence-corrected chi connectivity index (χ2v) is 6.74. The quantitative estimate of drug-likeness (QED) is 0.746. The number of aromatic carboxylic acids is 1. The summed E-state index contributed by atoms with van der Waals surface area (Å²) in [6, 6.07) is 1.12. The third kappa shape index (κ3) is 4.06. The van der Waals surface area contributed by atoms with E-state index in [0.717, 1.165) is 6.07 Å². The van der Waals surface area contributed by atoms with E-state index >= 15 is 0 Å². The van der Waals surface area contributed by atoms with Gasteiger partial charge in [-0.25, -0.2) is 13.2 Å². The van der Waals surface area contributed by atoms with Crippen LogP contribution in [0.1, 0.15) is 24.3 Å². The van der Waals surface area contributed by atoms with Crippen LogP contribution in [0.5, 0.6) is 0 Å². The van der Waals surface area contributed by atoms with Crippen LogP contribution in [0.2, 0.25) is 0 Å². The molecule has 1 aromatic rings. The van der Waals surface area contributed by atoms with Gasteiger partial charge < -0.3 is 14.8 Å². The van der Waals surface area contributed by atoms with Crippen LogP contribution in [0.3, 0.4) is 0 Å². The van der Waals surface area contributed by atoms with Crippen molar-refractivity contribution in [3.05, 3.63) is 18.0 Å². The number of H-pyrrole nitrogens is 1. The fraction of sp³-hybridized carbons (Fsp3) is 0.583. The van der Waals surface area contributed by atoms with E-state index in [1.807, 2.05) is 13.8 Å². The molecule has 0 atom stereocenters. The van der Waals surface area contributed by atoms with Gasteiger partial charge in [0.15, 0.2) is 0 Å². The normalized spacial score (nSPS) is 12.2. The minimum atomic E-state index is -3.72. The Hall–Kier alpha value is -1.38. The number of carbonyl (C=O) groups is 1. The van der Waals surface area contributed by atoms with Crippen LogP contribution < -0.4 is 0 Å². The molecule has 0 fully saturated rings. The van der Waals surface area contributed by atoms with Crippen LogP contribution in [-0.2, 0) is 14.8 Å². The van der Waals surface area contributed by atoms with Gasteiger partial charge in [-0.1, -0.05) is 13.8 Å². The molecule has 0 unspecified atom stereocenters. The Bertz CT molecular complexity index is 550. The molecule has 0 aliphatic carbocycles. The van der Waals surface area contributed by atoms with E-state index in [9.17, 15) is 13.2 Å². The van der Waals surface area contributed by atoms with Gasteiger partial charge in [-0.05, 0) is 12.0 Å². The van der Waals surface area contributed by atoms with Gasteiger partial charge in [-0.3, -0.25) is 0 Å². The van der Waals surface area contributed by atoms with E-state index in [1.165, 1.54) is 17.6 Å². The van der Waals surface area contributed by atoms with Crippen molar-refractivity contribution in [1.82, 2.24) is 9.29 Å². The van der Waals surface area contributed by atoms with Gasteiger partial charge in [0.25, 0.3) is 0 Å². The smallest absolute Gasteiger partial charge is 0.352 e. The third-order valence-electron chi connectivity index (χ3n) is 2.64. The van der Waals surface area contributed by atoms with Crippen molar-refractivity contribution in [2.75, 3.05) is 26.8 Å². The summed E-state index contributed by atoms with van der Waals surface area (Å²) < 4.78 is 31.2. The van der Waals surface area contributed by atoms with Crippen LogP contribution in [-0.4, -0.2) is 55.6 Å². The molecule has 0 saturated carbocycles. The molecule has 0 radical (unpaired) electrons. The number of rotatable bonds is 8. The Balaban J connectivity index is 3.04. The molecular weight excluding hydrogens is 284 g/mol. The van der Waals surface area contributed by atoms with E-state index < -0.39 is 16.0 Å². The summed E-state index contributed by atoms with van der Waals surface area (Å²) in [6.45, 7) is 4.68. The van der Waals surface area contributed by atoms with E-state index in [-0.39, 0.29) is 29.7 Å². The van der Waals surface area contributed by atoms with Crippen molar-refractivity contribution < 1.29 is 23.1 Å². The van der Waals surface area contributed by atoms with Crippen LogP contribution in [0.25, 0.3) is 0 Å². The first-order valence-corrected chi connectivity index (χ1v) is 7.63. The average molecular weight is 304 g/mol. The third-order valence-corrected chi connectivity index (χ3v) is 4.48. The fourth-order valence-corrected chi connectivity index (χ4v) is 3.29. The monoisotopic (exact) mass is 304 g/mol. The molecule has 7 nitrogen and oxygen atoms in total. The standard InChI is InChI=1S/C12H20N2O5S/c1-9(2)8-14(4-5-19-3)20(17,18)10-6-11(12(15)16)13-7-10/h6-7,9,13H,4-5,8H2,1-3H3,(H,15,16). The number of methoxy groups -OCH3 is 1. The lowest BCUT2D eigenvalue weighted by atomic mass is 10.2. The predicted octanol–water partition coefficient (Wildman–Crippen LogP) is 1.01. The molecule has 0 bridgehead atoms. The number of ether oxygens (including phenoxy) is 1. The minimum absolute atomic E-state index is 0.0494. The minimum Gasteiger partial charge on any atom is -0.477 e. The van der Waals surface area contributed by atoms with Gasteiger partial charge in [0.05, 0.1) is 6.61 Å². The predicted molar refractivity (Wildman–Crippen MR) is 73.2 cm³/mol. The number of nitrogens with one attached hydrogen (secondary N) is 1. The molecule has 20 heavy (non-hydrogen) atoms. The lowest BCUT2D eigenvalue weighted by Gasteiger charge is -2.23. The highest BCUT2D eigenvalue weighted by Gasteiger charge is 2.26. The summed E-state index contributed by atoms with van der Waals surface area (Å²) in [4.78, 5) is 13.2. The summed E-state index contributed by atoms with van der Waals surface area (Å²) in [7, 11) is -2.22. The Morgan fingerprint density at radius 2 is 2.15 bits per heavy atom. The highest BCUT2D eigenvalue weighted by molar-refractivity contribution is 7.89. The summed E-state index contributed by atoms with van der Waals surface area (Å²) >= 11 is 0. The number of aromatic nitrogens is 1. The second kappa shape index (κ2) is 6.87. The SMILES string of the molecule is COCCN(CC(C)C)S(=O)(=O)c1c[nH]c(C(=O)O)c1. The molecule has 0 aromatic carbocycles. The average Bonchev–Trinajstić information content (AvgIpc) is 2.84. The summed E-state index contributed by atoms with van der Waals surface area (Å²) in [5, 5.41) is 8.83. The van der Waals surface area contributed by atoms with Crippen LogP contribution >= 0.6 is 0 Å². The molecular formula is C12H20N2O5S. The summed E-state index contributed by atoms with van der Waals surface area (Å²) in [5.41, 5.74) is -0.153. The number of carboxylic acid groups (broad SMARTS) is 1. The van der Waals surface area contributed by atoms with Crippen molar-refractivity contribution in [3.8, 4) is 0 Å². The molecule has 0 spiro atoms. The molecule has 1 aromatic heterocycles. The van der Waals surface area contributed by atoms with Crippen LogP contribution in [0.4, 0.5) is 0 Å². The number of nitrogens with zero attached hydrogens (tertiary/aromatic N) is 1. The number of carboxylic acids is 1. The van der Waals surface area contributed by atoms with Crippen molar-refractivity contribution in [3.63, 3.8) is 0 Å². The van der Waals surface area contributed by atoms with Gasteiger partial charge in [0.1, 0.15) is 10.6 Å². The fourth-order valence-electron chi connectivity index (χ4n) is 1.71. The Kier molecular flexibility index (Phi) is 5.73. The first-order valence-electron chi connectivity index (χ1n) is 6.19. The van der Waals surface area contributed by atoms with Crippen LogP contribution in [0, 0.1) is 5.92 Å². The summed E-state index contributed by atoms with van der Waals surface area (Å²) in [5.74, 6) is -1.04. The van der Waals surface area contributed by atoms with E-state index in [4.69, 9.17) is 9.84 Å². The molecule has 0 aliphatic heterocycles. The number of hydrogen-bond acceptors (Lipinski definition) is 4. The van der Waals surface area contributed by atoms with Gasteiger partial charge in [0.2, 0.25) is 10.0 Å². The second-order valence-electron chi connectivity index (χ2n) is 4.80. The largest absolute Gasteiger partial charge is 0.477 e. The molecule has 114 valence electrons. The highest BCUT2D eigenvalue weighted by atomic mass is 32.2. The maximum atomic E-state index is 12.5. The molecule has 1 rings (SSSR count). The number of hydrogen-bond donors (Lipinski definition) is 2. The zero-order valence-electron chi connectivity index (χ0n) is 11.8. The topological polar surface area (TPSA) is 99.7 Å². The molecule has 0 saturated heterocycles. The lowest BCUT2D eigenvalue weighted by molar-refractivity contribution is 0.0691. The molecule has 1 heterocycles. The zero-order chi connectivity index (χ0) is 15.3. The molecule has 8 heteroatoms. The number of aromatic amines is 1. The van der Waals surface area contributed by atoms with Crippen LogP contribution in [0.15, 0.2) is 17.2 Å². The molecule has 0 amide bonds. The maximum absolute atomic E-state index is 12.5. The molecule has 2 N–H and O–H groups in total. The van der Waals surface area contributed by atoms with Crippen molar-refractivity contribution in [2.45, 2.75) is 18.7 Å². The molecule has 0 aliphatic rings. The van der Waals surface area contributed by atoms with E-state index in [0.29, 0.717) is 6.54 Å². The van der Waals surface area contributed by atoms with Crippen molar-refractivity contribution in [2.24, 2.45) is 5.92 Å². The Morgan fingerprint density at radius 1 is 1.50 bits per heavy atom. The van der Waals surface area contributed by atoms with Gasteiger partial charge in [-0.2, -0.15) is 4.31 Å². The van der Waals surface area contributed by atoms with Crippen molar-refractivity contribution >= 4 is 16.0 Å². The lowest BCUT2D eigenvalue weighted by Crippen LogP contribution is -2.36. The highest BCUT2D eigenvalue weighted by Crippen LogP contribution is 2.18. The maximum Gasteiger partial charge on any atom is 0.352 e. The first kappa shape index (κ1) is 16.7. The van der Waals surface area contributed by atoms with E-state index in [2.05, 4.69) is 4.98 Å². The summed E-state index contributed by atoms with van der Waals surface area (Å²) in [6.07, 6.45) is 1.19. The zero-order valence-corrected chi connectivity index (χ0v) is 12.6. The number of sulfonamides is 1.